The van der Waals surface area contributed by atoms with E-state index in [1.807, 2.05) is 6.92 Å². The van der Waals surface area contributed by atoms with Crippen molar-refractivity contribution in [1.29, 1.82) is 5.41 Å². The SMILES string of the molecule is C=NNC(CC)C(C)(F)C=N. The van der Waals surface area contributed by atoms with Crippen molar-refractivity contribution in [3.63, 3.8) is 0 Å². The molecule has 0 bridgehead atoms. The van der Waals surface area contributed by atoms with Crippen molar-refractivity contribution in [2.24, 2.45) is 5.10 Å². The molecule has 0 aromatic carbocycles. The van der Waals surface area contributed by atoms with Gasteiger partial charge in [-0.15, -0.1) is 0 Å². The molecule has 0 saturated carbocycles. The summed E-state index contributed by atoms with van der Waals surface area (Å²) in [5.74, 6) is 0. The molecule has 0 aliphatic heterocycles. The first-order valence-corrected chi connectivity index (χ1v) is 3.50. The second-order valence-electron chi connectivity index (χ2n) is 2.54. The summed E-state index contributed by atoms with van der Waals surface area (Å²) in [6, 6.07) is -0.461. The summed E-state index contributed by atoms with van der Waals surface area (Å²) in [4.78, 5) is 0. The van der Waals surface area contributed by atoms with Gasteiger partial charge in [0.2, 0.25) is 0 Å². The smallest absolute Gasteiger partial charge is 0.164 e. The van der Waals surface area contributed by atoms with Gasteiger partial charge >= 0.3 is 0 Å². The van der Waals surface area contributed by atoms with Crippen LogP contribution in [0.15, 0.2) is 5.10 Å². The highest BCUT2D eigenvalue weighted by Gasteiger charge is 2.30. The van der Waals surface area contributed by atoms with Crippen LogP contribution in [0.2, 0.25) is 0 Å². The van der Waals surface area contributed by atoms with Crippen molar-refractivity contribution in [3.8, 4) is 0 Å². The summed E-state index contributed by atoms with van der Waals surface area (Å²) in [6.07, 6.45) is 1.35. The zero-order valence-electron chi connectivity index (χ0n) is 6.89. The Bertz CT molecular complexity index is 145. The number of hydrogen-bond acceptors (Lipinski definition) is 3. The zero-order chi connectivity index (χ0) is 8.91. The number of nitrogens with zero attached hydrogens (tertiary/aromatic N) is 1. The van der Waals surface area contributed by atoms with Crippen molar-refractivity contribution in [2.75, 3.05) is 0 Å². The van der Waals surface area contributed by atoms with Crippen LogP contribution in [0.3, 0.4) is 0 Å². The predicted octanol–water partition coefficient (Wildman–Crippen LogP) is 1.35. The lowest BCUT2D eigenvalue weighted by Gasteiger charge is -2.24. The molecule has 0 aromatic rings. The molecule has 0 aliphatic rings. The minimum absolute atomic E-state index is 0.461. The summed E-state index contributed by atoms with van der Waals surface area (Å²) in [5, 5.41) is 10.2. The highest BCUT2D eigenvalue weighted by Crippen LogP contribution is 2.15. The molecule has 0 saturated heterocycles. The van der Waals surface area contributed by atoms with Crippen LogP contribution in [0.5, 0.6) is 0 Å². The van der Waals surface area contributed by atoms with Gasteiger partial charge in [-0.05, 0) is 13.3 Å². The van der Waals surface area contributed by atoms with Crippen molar-refractivity contribution in [1.82, 2.24) is 5.43 Å². The van der Waals surface area contributed by atoms with E-state index in [0.717, 1.165) is 6.21 Å². The highest BCUT2D eigenvalue weighted by molar-refractivity contribution is 5.65. The maximum atomic E-state index is 13.3. The molecule has 4 heteroatoms. The number of nitrogens with one attached hydrogen (secondary N) is 2. The Morgan fingerprint density at radius 3 is 2.73 bits per heavy atom. The average Bonchev–Trinajstić information content (AvgIpc) is 2.00. The summed E-state index contributed by atoms with van der Waals surface area (Å²) in [6.45, 7) is 6.36. The molecule has 2 unspecified atom stereocenters. The molecule has 0 radical (unpaired) electrons. The zero-order valence-corrected chi connectivity index (χ0v) is 6.89. The fraction of sp³-hybridized carbons (Fsp3) is 0.714. The molecule has 11 heavy (non-hydrogen) atoms. The summed E-state index contributed by atoms with van der Waals surface area (Å²) >= 11 is 0. The van der Waals surface area contributed by atoms with Crippen LogP contribution in [0.4, 0.5) is 4.39 Å². The normalized spacial score (nSPS) is 18.1. The van der Waals surface area contributed by atoms with Gasteiger partial charge in [0.05, 0.1) is 6.04 Å². The van der Waals surface area contributed by atoms with Gasteiger partial charge in [-0.3, -0.25) is 0 Å². The molecule has 0 heterocycles. The van der Waals surface area contributed by atoms with E-state index in [1.165, 1.54) is 6.92 Å². The van der Waals surface area contributed by atoms with Crippen LogP contribution >= 0.6 is 0 Å². The Morgan fingerprint density at radius 2 is 2.45 bits per heavy atom. The largest absolute Gasteiger partial charge is 0.310 e. The molecule has 2 atom stereocenters. The molecular formula is C7H14FN3. The minimum Gasteiger partial charge on any atom is -0.310 e. The van der Waals surface area contributed by atoms with Gasteiger partial charge in [0, 0.05) is 12.9 Å². The average molecular weight is 159 g/mol. The fourth-order valence-corrected chi connectivity index (χ4v) is 0.827. The van der Waals surface area contributed by atoms with E-state index in [9.17, 15) is 4.39 Å². The molecule has 0 aliphatic carbocycles. The standard InChI is InChI=1S/C7H14FN3/c1-4-6(11-10-3)7(2,8)5-9/h5-6,9,11H,3-4H2,1-2H3. The van der Waals surface area contributed by atoms with Gasteiger partial charge in [0.15, 0.2) is 5.67 Å². The van der Waals surface area contributed by atoms with Gasteiger partial charge in [-0.1, -0.05) is 6.92 Å². The van der Waals surface area contributed by atoms with E-state index in [4.69, 9.17) is 5.41 Å². The third kappa shape index (κ3) is 2.65. The quantitative estimate of drug-likeness (QED) is 0.461. The fourth-order valence-electron chi connectivity index (χ4n) is 0.827. The Morgan fingerprint density at radius 1 is 1.91 bits per heavy atom. The van der Waals surface area contributed by atoms with Gasteiger partial charge in [-0.2, -0.15) is 5.10 Å². The van der Waals surface area contributed by atoms with E-state index in [1.54, 1.807) is 0 Å². The lowest BCUT2D eigenvalue weighted by Crippen LogP contribution is -2.44. The Hall–Kier alpha value is -0.930. The lowest BCUT2D eigenvalue weighted by molar-refractivity contribution is 0.207. The summed E-state index contributed by atoms with van der Waals surface area (Å²) < 4.78 is 13.3. The predicted molar refractivity (Wildman–Crippen MR) is 45.1 cm³/mol. The Labute approximate surface area is 66.2 Å². The molecule has 0 amide bonds. The van der Waals surface area contributed by atoms with Crippen LogP contribution in [-0.2, 0) is 0 Å². The van der Waals surface area contributed by atoms with Crippen molar-refractivity contribution < 1.29 is 4.39 Å². The number of hydrazone groups is 1. The molecule has 0 aromatic heterocycles. The van der Waals surface area contributed by atoms with Crippen molar-refractivity contribution in [3.05, 3.63) is 0 Å². The first-order valence-electron chi connectivity index (χ1n) is 3.50. The molecule has 64 valence electrons. The molecule has 0 fully saturated rings. The van der Waals surface area contributed by atoms with E-state index in [2.05, 4.69) is 17.2 Å². The van der Waals surface area contributed by atoms with Gasteiger partial charge in [0.25, 0.3) is 0 Å². The van der Waals surface area contributed by atoms with E-state index in [0.29, 0.717) is 6.42 Å². The third-order valence-corrected chi connectivity index (χ3v) is 1.62. The van der Waals surface area contributed by atoms with Gasteiger partial charge in [0.1, 0.15) is 0 Å². The number of alkyl halides is 1. The van der Waals surface area contributed by atoms with E-state index < -0.39 is 11.7 Å². The highest BCUT2D eigenvalue weighted by atomic mass is 19.1. The van der Waals surface area contributed by atoms with Crippen molar-refractivity contribution in [2.45, 2.75) is 32.0 Å². The molecule has 3 nitrogen and oxygen atoms in total. The van der Waals surface area contributed by atoms with E-state index in [-0.39, 0.29) is 0 Å². The minimum atomic E-state index is -1.64. The van der Waals surface area contributed by atoms with Crippen LogP contribution in [0, 0.1) is 5.41 Å². The molecule has 0 spiro atoms. The maximum absolute atomic E-state index is 13.3. The van der Waals surface area contributed by atoms with Gasteiger partial charge in [-0.25, -0.2) is 4.39 Å². The molecule has 2 N–H and O–H groups in total. The second kappa shape index (κ2) is 4.05. The number of rotatable bonds is 5. The third-order valence-electron chi connectivity index (χ3n) is 1.62. The molecular weight excluding hydrogens is 145 g/mol. The molecule has 0 rings (SSSR count). The Balaban J connectivity index is 4.21. The summed E-state index contributed by atoms with van der Waals surface area (Å²) in [7, 11) is 0. The maximum Gasteiger partial charge on any atom is 0.164 e. The topological polar surface area (TPSA) is 48.2 Å². The number of halogens is 1. The summed E-state index contributed by atoms with van der Waals surface area (Å²) in [5.41, 5.74) is 0.868. The first kappa shape index (κ1) is 10.1. The lowest BCUT2D eigenvalue weighted by atomic mass is 9.98. The number of hydrogen-bond donors (Lipinski definition) is 2. The van der Waals surface area contributed by atoms with Crippen LogP contribution in [0.25, 0.3) is 0 Å². The monoisotopic (exact) mass is 159 g/mol. The van der Waals surface area contributed by atoms with E-state index >= 15 is 0 Å². The van der Waals surface area contributed by atoms with Crippen LogP contribution in [-0.4, -0.2) is 24.6 Å². The second-order valence-corrected chi connectivity index (χ2v) is 2.54. The van der Waals surface area contributed by atoms with Crippen LogP contribution in [0.1, 0.15) is 20.3 Å². The first-order chi connectivity index (χ1) is 5.08. The van der Waals surface area contributed by atoms with Crippen LogP contribution < -0.4 is 5.43 Å². The van der Waals surface area contributed by atoms with Gasteiger partial charge < -0.3 is 10.8 Å². The van der Waals surface area contributed by atoms with Crippen molar-refractivity contribution >= 4 is 12.9 Å². The Kier molecular flexibility index (Phi) is 3.71.